The predicted molar refractivity (Wildman–Crippen MR) is 53.3 cm³/mol. The van der Waals surface area contributed by atoms with Crippen LogP contribution in [0, 0.1) is 0 Å². The first-order valence-electron chi connectivity index (χ1n) is 5.44. The molecule has 0 amide bonds. The average Bonchev–Trinajstić information content (AvgIpc) is 2.44. The van der Waals surface area contributed by atoms with Crippen LogP contribution in [0.1, 0.15) is 19.3 Å². The van der Waals surface area contributed by atoms with Crippen molar-refractivity contribution in [3.63, 3.8) is 0 Å². The van der Waals surface area contributed by atoms with Crippen molar-refractivity contribution in [3.05, 3.63) is 0 Å². The molecule has 1 unspecified atom stereocenters. The summed E-state index contributed by atoms with van der Waals surface area (Å²) in [4.78, 5) is 15.2. The van der Waals surface area contributed by atoms with Gasteiger partial charge in [0.25, 0.3) is 0 Å². The summed E-state index contributed by atoms with van der Waals surface area (Å²) in [6, 6.07) is 0.622. The second kappa shape index (κ2) is 4.28. The van der Waals surface area contributed by atoms with E-state index in [2.05, 4.69) is 9.80 Å². The van der Waals surface area contributed by atoms with Gasteiger partial charge in [-0.05, 0) is 32.4 Å². The van der Waals surface area contributed by atoms with E-state index in [-0.39, 0.29) is 6.54 Å². The lowest BCUT2D eigenvalue weighted by Gasteiger charge is -2.24. The number of fused-ring (bicyclic) bond motifs is 1. The number of nitrogens with zero attached hydrogens (tertiary/aromatic N) is 2. The molecule has 4 nitrogen and oxygen atoms in total. The van der Waals surface area contributed by atoms with E-state index in [1.54, 1.807) is 0 Å². The molecule has 0 bridgehead atoms. The highest BCUT2D eigenvalue weighted by atomic mass is 16.4. The Bertz CT molecular complexity index is 220. The van der Waals surface area contributed by atoms with Crippen LogP contribution in [0.5, 0.6) is 0 Å². The maximum Gasteiger partial charge on any atom is 0.317 e. The summed E-state index contributed by atoms with van der Waals surface area (Å²) >= 11 is 0. The minimum absolute atomic E-state index is 0.213. The van der Waals surface area contributed by atoms with Gasteiger partial charge in [0.1, 0.15) is 0 Å². The predicted octanol–water partition coefficient (Wildman–Crippen LogP) is 0.241. The highest BCUT2D eigenvalue weighted by Crippen LogP contribution is 2.20. The standard InChI is InChI=1S/C10H18N2O2/c13-10(14)8-11-4-2-6-12-5-1-3-9(12)7-11/h9H,1-8H2,(H,13,14). The molecular formula is C10H18N2O2. The Morgan fingerprint density at radius 3 is 2.86 bits per heavy atom. The first-order valence-corrected chi connectivity index (χ1v) is 5.44. The highest BCUT2D eigenvalue weighted by molar-refractivity contribution is 5.69. The second-order valence-corrected chi connectivity index (χ2v) is 4.31. The van der Waals surface area contributed by atoms with E-state index in [0.717, 1.165) is 26.1 Å². The molecule has 2 aliphatic heterocycles. The third-order valence-electron chi connectivity index (χ3n) is 3.25. The second-order valence-electron chi connectivity index (χ2n) is 4.31. The molecule has 4 heteroatoms. The van der Waals surface area contributed by atoms with Gasteiger partial charge in [-0.25, -0.2) is 0 Å². The van der Waals surface area contributed by atoms with Crippen molar-refractivity contribution >= 4 is 5.97 Å². The normalized spacial score (nSPS) is 29.9. The molecular weight excluding hydrogens is 180 g/mol. The maximum absolute atomic E-state index is 10.6. The minimum atomic E-state index is -0.698. The fraction of sp³-hybridized carbons (Fsp3) is 0.900. The summed E-state index contributed by atoms with van der Waals surface area (Å²) in [5, 5.41) is 8.74. The van der Waals surface area contributed by atoms with Gasteiger partial charge in [-0.15, -0.1) is 0 Å². The number of carboxylic acids is 1. The molecule has 0 aliphatic carbocycles. The Labute approximate surface area is 84.5 Å². The van der Waals surface area contributed by atoms with Gasteiger partial charge in [0.05, 0.1) is 6.54 Å². The largest absolute Gasteiger partial charge is 0.480 e. The molecule has 0 aromatic rings. The van der Waals surface area contributed by atoms with Crippen molar-refractivity contribution in [1.82, 2.24) is 9.80 Å². The zero-order valence-corrected chi connectivity index (χ0v) is 8.48. The van der Waals surface area contributed by atoms with Crippen LogP contribution in [0.3, 0.4) is 0 Å². The fourth-order valence-electron chi connectivity index (χ4n) is 2.62. The van der Waals surface area contributed by atoms with Crippen molar-refractivity contribution < 1.29 is 9.90 Å². The summed E-state index contributed by atoms with van der Waals surface area (Å²) in [5.41, 5.74) is 0. The lowest BCUT2D eigenvalue weighted by molar-refractivity contribution is -0.138. The molecule has 0 saturated carbocycles. The van der Waals surface area contributed by atoms with E-state index in [4.69, 9.17) is 5.11 Å². The van der Waals surface area contributed by atoms with Crippen LogP contribution >= 0.6 is 0 Å². The SMILES string of the molecule is O=C(O)CN1CCCN2CCCC2C1. The van der Waals surface area contributed by atoms with E-state index in [1.165, 1.54) is 19.4 Å². The molecule has 0 aromatic carbocycles. The molecule has 1 atom stereocenters. The van der Waals surface area contributed by atoms with Gasteiger partial charge in [0.15, 0.2) is 0 Å². The van der Waals surface area contributed by atoms with Crippen molar-refractivity contribution in [1.29, 1.82) is 0 Å². The minimum Gasteiger partial charge on any atom is -0.480 e. The molecule has 0 aromatic heterocycles. The third kappa shape index (κ3) is 2.25. The van der Waals surface area contributed by atoms with Crippen LogP contribution in [0.2, 0.25) is 0 Å². The number of hydrogen-bond acceptors (Lipinski definition) is 3. The molecule has 2 heterocycles. The Kier molecular flexibility index (Phi) is 3.03. The van der Waals surface area contributed by atoms with Gasteiger partial charge in [0, 0.05) is 19.1 Å². The summed E-state index contributed by atoms with van der Waals surface area (Å²) in [5.74, 6) is -0.698. The van der Waals surface area contributed by atoms with Crippen molar-refractivity contribution in [2.45, 2.75) is 25.3 Å². The van der Waals surface area contributed by atoms with Gasteiger partial charge >= 0.3 is 5.97 Å². The van der Waals surface area contributed by atoms with Gasteiger partial charge in [-0.1, -0.05) is 0 Å². The fourth-order valence-corrected chi connectivity index (χ4v) is 2.62. The smallest absolute Gasteiger partial charge is 0.317 e. The van der Waals surface area contributed by atoms with Crippen molar-refractivity contribution in [3.8, 4) is 0 Å². The van der Waals surface area contributed by atoms with Gasteiger partial charge < -0.3 is 5.11 Å². The van der Waals surface area contributed by atoms with Crippen molar-refractivity contribution in [2.24, 2.45) is 0 Å². The summed E-state index contributed by atoms with van der Waals surface area (Å²) in [6.07, 6.45) is 3.64. The Hall–Kier alpha value is -0.610. The van der Waals surface area contributed by atoms with E-state index in [9.17, 15) is 4.79 Å². The van der Waals surface area contributed by atoms with E-state index < -0.39 is 5.97 Å². The molecule has 2 aliphatic rings. The molecule has 0 radical (unpaired) electrons. The molecule has 14 heavy (non-hydrogen) atoms. The average molecular weight is 198 g/mol. The first-order chi connectivity index (χ1) is 6.75. The summed E-state index contributed by atoms with van der Waals surface area (Å²) < 4.78 is 0. The number of carbonyl (C=O) groups is 1. The van der Waals surface area contributed by atoms with Gasteiger partial charge in [-0.3, -0.25) is 14.6 Å². The Balaban J connectivity index is 1.91. The number of aliphatic carboxylic acids is 1. The Morgan fingerprint density at radius 2 is 2.07 bits per heavy atom. The van der Waals surface area contributed by atoms with Crippen LogP contribution in [-0.4, -0.2) is 59.6 Å². The van der Waals surface area contributed by atoms with Crippen LogP contribution in [0.4, 0.5) is 0 Å². The monoisotopic (exact) mass is 198 g/mol. The topological polar surface area (TPSA) is 43.8 Å². The van der Waals surface area contributed by atoms with Gasteiger partial charge in [0.2, 0.25) is 0 Å². The number of hydrogen-bond donors (Lipinski definition) is 1. The van der Waals surface area contributed by atoms with E-state index in [1.807, 2.05) is 0 Å². The molecule has 2 fully saturated rings. The van der Waals surface area contributed by atoms with Crippen LogP contribution in [-0.2, 0) is 4.79 Å². The van der Waals surface area contributed by atoms with Gasteiger partial charge in [-0.2, -0.15) is 0 Å². The zero-order chi connectivity index (χ0) is 9.97. The third-order valence-corrected chi connectivity index (χ3v) is 3.25. The first kappa shape index (κ1) is 9.93. The number of carboxylic acid groups (broad SMARTS) is 1. The molecule has 80 valence electrons. The van der Waals surface area contributed by atoms with Crippen LogP contribution in [0.15, 0.2) is 0 Å². The lowest BCUT2D eigenvalue weighted by Crippen LogP contribution is -2.38. The quantitative estimate of drug-likeness (QED) is 0.690. The molecule has 2 rings (SSSR count). The molecule has 0 spiro atoms. The molecule has 1 N–H and O–H groups in total. The highest BCUT2D eigenvalue weighted by Gasteiger charge is 2.28. The number of rotatable bonds is 2. The van der Waals surface area contributed by atoms with Crippen LogP contribution in [0.25, 0.3) is 0 Å². The van der Waals surface area contributed by atoms with Crippen molar-refractivity contribution in [2.75, 3.05) is 32.7 Å². The van der Waals surface area contributed by atoms with Crippen LogP contribution < -0.4 is 0 Å². The molecule has 2 saturated heterocycles. The van der Waals surface area contributed by atoms with E-state index in [0.29, 0.717) is 6.04 Å². The zero-order valence-electron chi connectivity index (χ0n) is 8.48. The summed E-state index contributed by atoms with van der Waals surface area (Å²) in [6.45, 7) is 4.47. The lowest BCUT2D eigenvalue weighted by atomic mass is 10.2. The summed E-state index contributed by atoms with van der Waals surface area (Å²) in [7, 11) is 0. The Morgan fingerprint density at radius 1 is 1.29 bits per heavy atom. The maximum atomic E-state index is 10.6. The van der Waals surface area contributed by atoms with E-state index >= 15 is 0 Å².